The highest BCUT2D eigenvalue weighted by molar-refractivity contribution is 5.77. The van der Waals surface area contributed by atoms with Gasteiger partial charge in [-0.2, -0.15) is 0 Å². The van der Waals surface area contributed by atoms with Gasteiger partial charge in [-0.1, -0.05) is 53.2 Å². The Bertz CT molecular complexity index is 619. The van der Waals surface area contributed by atoms with E-state index in [0.29, 0.717) is 18.9 Å². The largest absolute Gasteiger partial charge is 0.487 e. The molecule has 0 unspecified atom stereocenters. The Hall–Kier alpha value is -1.84. The molecule has 0 spiro atoms. The molecular formula is C22H34N2O2. The van der Waals surface area contributed by atoms with Gasteiger partial charge in [0.25, 0.3) is 0 Å². The van der Waals surface area contributed by atoms with E-state index in [1.54, 1.807) is 6.20 Å². The number of aromatic nitrogens is 1. The first kappa shape index (κ1) is 20.5. The summed E-state index contributed by atoms with van der Waals surface area (Å²) < 4.78 is 6.08. The van der Waals surface area contributed by atoms with Crippen LogP contribution in [0.1, 0.15) is 65.9 Å². The Kier molecular flexibility index (Phi) is 7.24. The highest BCUT2D eigenvalue weighted by Gasteiger charge is 2.29. The maximum Gasteiger partial charge on any atom is 0.223 e. The highest BCUT2D eigenvalue weighted by atomic mass is 16.5. The van der Waals surface area contributed by atoms with Crippen LogP contribution in [-0.2, 0) is 4.79 Å². The molecule has 0 N–H and O–H groups in total. The quantitative estimate of drug-likeness (QED) is 0.693. The molecule has 1 aliphatic rings. The molecule has 4 nitrogen and oxygen atoms in total. The molecule has 2 rings (SSSR count). The van der Waals surface area contributed by atoms with Crippen molar-refractivity contribution in [3.05, 3.63) is 30.1 Å². The molecule has 1 fully saturated rings. The van der Waals surface area contributed by atoms with Crippen LogP contribution < -0.4 is 4.74 Å². The molecule has 4 heteroatoms. The minimum atomic E-state index is 0.0237. The fourth-order valence-corrected chi connectivity index (χ4v) is 3.00. The average Bonchev–Trinajstić information content (AvgIpc) is 3.02. The molecule has 1 aromatic heterocycles. The van der Waals surface area contributed by atoms with Crippen molar-refractivity contribution in [2.75, 3.05) is 13.1 Å². The van der Waals surface area contributed by atoms with Crippen LogP contribution in [0.5, 0.6) is 5.75 Å². The van der Waals surface area contributed by atoms with Crippen LogP contribution in [0.15, 0.2) is 24.5 Å². The van der Waals surface area contributed by atoms with Crippen LogP contribution >= 0.6 is 0 Å². The summed E-state index contributed by atoms with van der Waals surface area (Å²) in [6.07, 6.45) is 11.7. The maximum atomic E-state index is 12.4. The molecule has 0 saturated carbocycles. The lowest BCUT2D eigenvalue weighted by atomic mass is 9.92. The van der Waals surface area contributed by atoms with Gasteiger partial charge in [0.05, 0.1) is 12.7 Å². The van der Waals surface area contributed by atoms with Crippen LogP contribution in [-0.4, -0.2) is 35.0 Å². The van der Waals surface area contributed by atoms with Gasteiger partial charge in [-0.05, 0) is 29.4 Å². The summed E-state index contributed by atoms with van der Waals surface area (Å²) >= 11 is 0. The van der Waals surface area contributed by atoms with Crippen LogP contribution in [0.3, 0.4) is 0 Å². The van der Waals surface area contributed by atoms with Gasteiger partial charge >= 0.3 is 0 Å². The number of nitrogens with zero attached hydrogens (tertiary/aromatic N) is 2. The molecule has 1 amide bonds. The SMILES string of the molecule is CC[C@@H](C)C/C=C/c1cncc(O[C@H]2CCN(C(=O)CC(C)(C)C)C2)c1. The van der Waals surface area contributed by atoms with Crippen LogP contribution in [0.4, 0.5) is 0 Å². The van der Waals surface area contributed by atoms with Gasteiger partial charge in [0, 0.05) is 25.6 Å². The fraction of sp³-hybridized carbons (Fsp3) is 0.636. The molecule has 0 aromatic carbocycles. The van der Waals surface area contributed by atoms with Gasteiger partial charge in [0.2, 0.25) is 5.91 Å². The predicted molar refractivity (Wildman–Crippen MR) is 107 cm³/mol. The van der Waals surface area contributed by atoms with Crippen molar-refractivity contribution in [1.29, 1.82) is 0 Å². The summed E-state index contributed by atoms with van der Waals surface area (Å²) in [4.78, 5) is 18.6. The minimum Gasteiger partial charge on any atom is -0.487 e. The van der Waals surface area contributed by atoms with Crippen LogP contribution in [0.2, 0.25) is 0 Å². The second-order valence-electron chi connectivity index (χ2n) is 8.71. The minimum absolute atomic E-state index is 0.0237. The number of likely N-dealkylation sites (tertiary alicyclic amines) is 1. The monoisotopic (exact) mass is 358 g/mol. The molecule has 2 atom stereocenters. The molecular weight excluding hydrogens is 324 g/mol. The normalized spacial score (nSPS) is 19.1. The first-order chi connectivity index (χ1) is 12.3. The summed E-state index contributed by atoms with van der Waals surface area (Å²) in [5, 5.41) is 0. The fourth-order valence-electron chi connectivity index (χ4n) is 3.00. The topological polar surface area (TPSA) is 42.4 Å². The maximum absolute atomic E-state index is 12.4. The van der Waals surface area contributed by atoms with Crippen LogP contribution in [0, 0.1) is 11.3 Å². The average molecular weight is 359 g/mol. The van der Waals surface area contributed by atoms with E-state index in [1.165, 1.54) is 6.42 Å². The number of rotatable bonds is 7. The molecule has 0 aliphatic carbocycles. The van der Waals surface area contributed by atoms with Crippen molar-refractivity contribution in [2.24, 2.45) is 11.3 Å². The van der Waals surface area contributed by atoms with Gasteiger partial charge in [-0.3, -0.25) is 9.78 Å². The van der Waals surface area contributed by atoms with E-state index in [1.807, 2.05) is 17.2 Å². The van der Waals surface area contributed by atoms with Gasteiger partial charge < -0.3 is 9.64 Å². The Balaban J connectivity index is 1.88. The molecule has 26 heavy (non-hydrogen) atoms. The lowest BCUT2D eigenvalue weighted by molar-refractivity contribution is -0.132. The Morgan fingerprint density at radius 1 is 1.42 bits per heavy atom. The van der Waals surface area contributed by atoms with Crippen molar-refractivity contribution in [1.82, 2.24) is 9.88 Å². The van der Waals surface area contributed by atoms with Crippen molar-refractivity contribution in [2.45, 2.75) is 66.4 Å². The van der Waals surface area contributed by atoms with E-state index in [-0.39, 0.29) is 17.4 Å². The Morgan fingerprint density at radius 2 is 2.19 bits per heavy atom. The van der Waals surface area contributed by atoms with Crippen molar-refractivity contribution >= 4 is 12.0 Å². The number of allylic oxidation sites excluding steroid dienone is 1. The molecule has 1 aromatic rings. The summed E-state index contributed by atoms with van der Waals surface area (Å²) in [7, 11) is 0. The molecule has 0 radical (unpaired) electrons. The standard InChI is InChI=1S/C22H34N2O2/c1-6-17(2)8-7-9-18-12-20(15-23-14-18)26-19-10-11-24(16-19)21(25)13-22(3,4)5/h7,9,12,14-15,17,19H,6,8,10-11,13,16H2,1-5H3/b9-7+/t17-,19+/m1/s1. The number of pyridine rings is 1. The van der Waals surface area contributed by atoms with Gasteiger partial charge in [-0.25, -0.2) is 0 Å². The third-order valence-corrected chi connectivity index (χ3v) is 4.76. The first-order valence-electron chi connectivity index (χ1n) is 9.83. The molecule has 144 valence electrons. The highest BCUT2D eigenvalue weighted by Crippen LogP contribution is 2.24. The lowest BCUT2D eigenvalue weighted by Gasteiger charge is -2.23. The van der Waals surface area contributed by atoms with E-state index >= 15 is 0 Å². The number of carbonyl (C=O) groups excluding carboxylic acids is 1. The second-order valence-corrected chi connectivity index (χ2v) is 8.71. The third kappa shape index (κ3) is 6.81. The van der Waals surface area contributed by atoms with Gasteiger partial charge in [0.1, 0.15) is 11.9 Å². The number of hydrogen-bond donors (Lipinski definition) is 0. The van der Waals surface area contributed by atoms with Crippen LogP contribution in [0.25, 0.3) is 6.08 Å². The molecule has 2 heterocycles. The van der Waals surface area contributed by atoms with E-state index in [2.05, 4.69) is 51.8 Å². The first-order valence-corrected chi connectivity index (χ1v) is 9.83. The number of hydrogen-bond acceptors (Lipinski definition) is 3. The zero-order valence-electron chi connectivity index (χ0n) is 17.0. The zero-order valence-corrected chi connectivity index (χ0v) is 17.0. The second kappa shape index (κ2) is 9.20. The predicted octanol–water partition coefficient (Wildman–Crippen LogP) is 4.95. The number of amides is 1. The number of ether oxygens (including phenoxy) is 1. The molecule has 1 aliphatic heterocycles. The van der Waals surface area contributed by atoms with Gasteiger partial charge in [-0.15, -0.1) is 0 Å². The molecule has 1 saturated heterocycles. The number of carbonyl (C=O) groups is 1. The summed E-state index contributed by atoms with van der Waals surface area (Å²) in [5.41, 5.74) is 1.08. The zero-order chi connectivity index (χ0) is 19.2. The van der Waals surface area contributed by atoms with E-state index in [0.717, 1.165) is 30.7 Å². The van der Waals surface area contributed by atoms with Gasteiger partial charge in [0.15, 0.2) is 0 Å². The van der Waals surface area contributed by atoms with Crippen molar-refractivity contribution in [3.8, 4) is 5.75 Å². The Morgan fingerprint density at radius 3 is 2.88 bits per heavy atom. The smallest absolute Gasteiger partial charge is 0.223 e. The van der Waals surface area contributed by atoms with Crippen molar-refractivity contribution < 1.29 is 9.53 Å². The third-order valence-electron chi connectivity index (χ3n) is 4.76. The summed E-state index contributed by atoms with van der Waals surface area (Å²) in [6.45, 7) is 12.2. The summed E-state index contributed by atoms with van der Waals surface area (Å²) in [6, 6.07) is 2.03. The van der Waals surface area contributed by atoms with E-state index in [4.69, 9.17) is 4.74 Å². The summed E-state index contributed by atoms with van der Waals surface area (Å²) in [5.74, 6) is 1.71. The van der Waals surface area contributed by atoms with Crippen molar-refractivity contribution in [3.63, 3.8) is 0 Å². The van der Waals surface area contributed by atoms with E-state index < -0.39 is 0 Å². The molecule has 0 bridgehead atoms. The van der Waals surface area contributed by atoms with E-state index in [9.17, 15) is 4.79 Å². The lowest BCUT2D eigenvalue weighted by Crippen LogP contribution is -2.33. The Labute approximate surface area is 158 Å².